The van der Waals surface area contributed by atoms with E-state index >= 15 is 0 Å². The molecule has 0 aromatic carbocycles. The highest BCUT2D eigenvalue weighted by atomic mass is 16.6. The van der Waals surface area contributed by atoms with E-state index in [9.17, 15) is 14.9 Å². The Balaban J connectivity index is 3.27. The van der Waals surface area contributed by atoms with Crippen LogP contribution in [-0.2, 0) is 0 Å². The highest BCUT2D eigenvalue weighted by Crippen LogP contribution is 2.18. The first kappa shape index (κ1) is 9.86. The third-order valence-electron chi connectivity index (χ3n) is 1.42. The zero-order valence-electron chi connectivity index (χ0n) is 6.67. The Hall–Kier alpha value is -2.22. The summed E-state index contributed by atoms with van der Waals surface area (Å²) in [7, 11) is 0. The van der Waals surface area contributed by atoms with Crippen molar-refractivity contribution in [2.45, 2.75) is 0 Å². The van der Waals surface area contributed by atoms with Gasteiger partial charge in [0.1, 0.15) is 11.8 Å². The fourth-order valence-corrected chi connectivity index (χ4v) is 0.806. The molecule has 0 fully saturated rings. The van der Waals surface area contributed by atoms with Crippen molar-refractivity contribution in [2.24, 2.45) is 0 Å². The molecule has 0 amide bonds. The van der Waals surface area contributed by atoms with E-state index < -0.39 is 22.1 Å². The Bertz CT molecular complexity index is 391. The van der Waals surface area contributed by atoms with Crippen LogP contribution in [0, 0.1) is 10.1 Å². The molecule has 0 saturated heterocycles. The monoisotopic (exact) mass is 199 g/mol. The van der Waals surface area contributed by atoms with Gasteiger partial charge in [0.25, 0.3) is 5.69 Å². The van der Waals surface area contributed by atoms with Crippen molar-refractivity contribution < 1.29 is 20.0 Å². The third-order valence-corrected chi connectivity index (χ3v) is 1.42. The van der Waals surface area contributed by atoms with Gasteiger partial charge in [0.2, 0.25) is 0 Å². The summed E-state index contributed by atoms with van der Waals surface area (Å²) in [6, 6.07) is 0.799. The number of nitrogens with zero attached hydrogens (tertiary/aromatic N) is 2. The molecule has 0 unspecified atom stereocenters. The van der Waals surface area contributed by atoms with Crippen molar-refractivity contribution in [3.05, 3.63) is 27.9 Å². The molecule has 3 N–H and O–H groups in total. The van der Waals surface area contributed by atoms with Crippen LogP contribution < -0.4 is 5.48 Å². The van der Waals surface area contributed by atoms with Gasteiger partial charge >= 0.3 is 5.97 Å². The molecule has 1 aromatic rings. The predicted molar refractivity (Wildman–Crippen MR) is 43.3 cm³/mol. The lowest BCUT2D eigenvalue weighted by Gasteiger charge is -2.01. The zero-order valence-corrected chi connectivity index (χ0v) is 6.67. The van der Waals surface area contributed by atoms with Crippen molar-refractivity contribution in [3.63, 3.8) is 0 Å². The summed E-state index contributed by atoms with van der Waals surface area (Å²) >= 11 is 0. The summed E-state index contributed by atoms with van der Waals surface area (Å²) in [4.78, 5) is 23.4. The normalized spacial score (nSPS) is 9.50. The minimum atomic E-state index is -1.42. The van der Waals surface area contributed by atoms with Crippen LogP contribution in [0.4, 0.5) is 11.5 Å². The van der Waals surface area contributed by atoms with Crippen LogP contribution >= 0.6 is 0 Å². The second-order valence-electron chi connectivity index (χ2n) is 2.26. The van der Waals surface area contributed by atoms with Crippen molar-refractivity contribution in [3.8, 4) is 0 Å². The van der Waals surface area contributed by atoms with E-state index in [4.69, 9.17) is 10.3 Å². The van der Waals surface area contributed by atoms with Crippen molar-refractivity contribution in [1.82, 2.24) is 4.98 Å². The quantitative estimate of drug-likeness (QED) is 0.477. The van der Waals surface area contributed by atoms with Gasteiger partial charge in [-0.1, -0.05) is 0 Å². The first-order chi connectivity index (χ1) is 6.56. The molecule has 8 heteroatoms. The second kappa shape index (κ2) is 3.66. The minimum Gasteiger partial charge on any atom is -0.478 e. The molecule has 0 aliphatic carbocycles. The van der Waals surface area contributed by atoms with Crippen molar-refractivity contribution in [1.29, 1.82) is 0 Å². The van der Waals surface area contributed by atoms with E-state index in [1.165, 1.54) is 5.48 Å². The topological polar surface area (TPSA) is 126 Å². The lowest BCUT2D eigenvalue weighted by Crippen LogP contribution is -2.06. The number of hydrogen-bond donors (Lipinski definition) is 3. The van der Waals surface area contributed by atoms with Crippen LogP contribution in [0.2, 0.25) is 0 Å². The van der Waals surface area contributed by atoms with Gasteiger partial charge in [-0.2, -0.15) is 0 Å². The number of carboxylic acid groups (broad SMARTS) is 1. The zero-order chi connectivity index (χ0) is 10.7. The number of aromatic nitrogens is 1. The molecule has 14 heavy (non-hydrogen) atoms. The molecule has 0 saturated carbocycles. The van der Waals surface area contributed by atoms with Crippen LogP contribution in [0.15, 0.2) is 12.3 Å². The smallest absolute Gasteiger partial charge is 0.339 e. The molecule has 0 spiro atoms. The van der Waals surface area contributed by atoms with Crippen molar-refractivity contribution >= 4 is 17.5 Å². The summed E-state index contributed by atoms with van der Waals surface area (Å²) in [6.45, 7) is 0. The molecule has 74 valence electrons. The van der Waals surface area contributed by atoms with E-state index in [0.29, 0.717) is 0 Å². The average Bonchev–Trinajstić information content (AvgIpc) is 2.16. The van der Waals surface area contributed by atoms with Gasteiger partial charge in [-0.05, 0) is 0 Å². The van der Waals surface area contributed by atoms with E-state index in [-0.39, 0.29) is 5.82 Å². The third kappa shape index (κ3) is 1.75. The van der Waals surface area contributed by atoms with Gasteiger partial charge in [-0.3, -0.25) is 20.8 Å². The lowest BCUT2D eigenvalue weighted by atomic mass is 10.2. The van der Waals surface area contributed by atoms with Gasteiger partial charge in [0.15, 0.2) is 5.82 Å². The van der Waals surface area contributed by atoms with Crippen LogP contribution in [0.25, 0.3) is 0 Å². The van der Waals surface area contributed by atoms with Gasteiger partial charge in [-0.15, -0.1) is 0 Å². The Morgan fingerprint density at radius 3 is 2.71 bits per heavy atom. The molecule has 0 atom stereocenters. The molecular weight excluding hydrogens is 194 g/mol. The first-order valence-corrected chi connectivity index (χ1v) is 3.34. The second-order valence-corrected chi connectivity index (χ2v) is 2.26. The summed E-state index contributed by atoms with van der Waals surface area (Å²) in [5, 5.41) is 27.3. The maximum atomic E-state index is 10.5. The summed E-state index contributed by atoms with van der Waals surface area (Å²) in [6.07, 6.45) is 0.838. The number of pyridine rings is 1. The Morgan fingerprint density at radius 1 is 1.64 bits per heavy atom. The maximum absolute atomic E-state index is 10.5. The Morgan fingerprint density at radius 2 is 2.29 bits per heavy atom. The van der Waals surface area contributed by atoms with Gasteiger partial charge in [0.05, 0.1) is 4.92 Å². The first-order valence-electron chi connectivity index (χ1n) is 3.34. The predicted octanol–water partition coefficient (Wildman–Crippen LogP) is 0.489. The minimum absolute atomic E-state index is 0.344. The maximum Gasteiger partial charge on any atom is 0.339 e. The largest absolute Gasteiger partial charge is 0.478 e. The summed E-state index contributed by atoms with van der Waals surface area (Å²) in [5.41, 5.74) is 0.601. The number of rotatable bonds is 3. The van der Waals surface area contributed by atoms with Crippen molar-refractivity contribution in [2.75, 3.05) is 5.48 Å². The number of anilines is 1. The van der Waals surface area contributed by atoms with E-state index in [0.717, 1.165) is 12.3 Å². The van der Waals surface area contributed by atoms with Crippen LogP contribution in [0.5, 0.6) is 0 Å². The number of carbonyl (C=O) groups is 1. The molecular formula is C6H5N3O5. The average molecular weight is 199 g/mol. The number of hydrogen-bond acceptors (Lipinski definition) is 6. The van der Waals surface area contributed by atoms with Crippen LogP contribution in [0.3, 0.4) is 0 Å². The summed E-state index contributed by atoms with van der Waals surface area (Å²) in [5.74, 6) is -1.76. The molecule has 0 aliphatic heterocycles. The molecule has 1 heterocycles. The number of aromatic carboxylic acids is 1. The number of carboxylic acids is 1. The summed E-state index contributed by atoms with van der Waals surface area (Å²) < 4.78 is 0. The molecule has 0 aliphatic rings. The number of nitrogens with one attached hydrogen (secondary N) is 1. The van der Waals surface area contributed by atoms with Gasteiger partial charge < -0.3 is 5.11 Å². The SMILES string of the molecule is O=C(O)c1cc([N+](=O)[O-])cnc1NO. The molecule has 0 radical (unpaired) electrons. The number of nitro groups is 1. The van der Waals surface area contributed by atoms with Gasteiger partial charge in [-0.25, -0.2) is 9.78 Å². The standard InChI is InChI=1S/C6H5N3O5/c10-6(11)4-1-3(9(13)14)2-7-5(4)8-12/h1-2,12H,(H,7,8)(H,10,11). The van der Waals surface area contributed by atoms with Crippen LogP contribution in [0.1, 0.15) is 10.4 Å². The molecule has 0 bridgehead atoms. The van der Waals surface area contributed by atoms with Gasteiger partial charge in [0, 0.05) is 6.07 Å². The Kier molecular flexibility index (Phi) is 2.58. The molecule has 8 nitrogen and oxygen atoms in total. The van der Waals surface area contributed by atoms with E-state index in [1.54, 1.807) is 0 Å². The Labute approximate surface area is 76.9 Å². The molecule has 1 aromatic heterocycles. The fraction of sp³-hybridized carbons (Fsp3) is 0. The lowest BCUT2D eigenvalue weighted by molar-refractivity contribution is -0.385. The fourth-order valence-electron chi connectivity index (χ4n) is 0.806. The van der Waals surface area contributed by atoms with E-state index in [1.807, 2.05) is 0 Å². The van der Waals surface area contributed by atoms with Crippen LogP contribution in [-0.4, -0.2) is 26.2 Å². The molecule has 1 rings (SSSR count). The highest BCUT2D eigenvalue weighted by molar-refractivity contribution is 5.93. The van der Waals surface area contributed by atoms with E-state index in [2.05, 4.69) is 4.98 Å². The highest BCUT2D eigenvalue weighted by Gasteiger charge is 2.16.